The van der Waals surface area contributed by atoms with Gasteiger partial charge in [-0.2, -0.15) is 0 Å². The molecule has 0 bridgehead atoms. The second-order valence-electron chi connectivity index (χ2n) is 4.35. The van der Waals surface area contributed by atoms with Gasteiger partial charge in [0.2, 0.25) is 0 Å². The molecule has 0 aliphatic heterocycles. The summed E-state index contributed by atoms with van der Waals surface area (Å²) in [5, 5.41) is -0.416. The normalized spacial score (nSPS) is 20.6. The number of ether oxygens (including phenoxy) is 1. The summed E-state index contributed by atoms with van der Waals surface area (Å²) in [6, 6.07) is 0. The highest BCUT2D eigenvalue weighted by Gasteiger charge is 2.27. The molecule has 2 unspecified atom stereocenters. The summed E-state index contributed by atoms with van der Waals surface area (Å²) in [6.07, 6.45) is 5.45. The lowest BCUT2D eigenvalue weighted by Crippen LogP contribution is -2.30. The van der Waals surface area contributed by atoms with Crippen LogP contribution in [0.5, 0.6) is 0 Å². The van der Waals surface area contributed by atoms with Crippen LogP contribution in [0.2, 0.25) is 0 Å². The fourth-order valence-corrected chi connectivity index (χ4v) is 3.91. The van der Waals surface area contributed by atoms with Crippen molar-refractivity contribution in [2.75, 3.05) is 12.4 Å². The molecule has 0 saturated heterocycles. The molecule has 16 heavy (non-hydrogen) atoms. The van der Waals surface area contributed by atoms with E-state index in [9.17, 15) is 9.00 Å². The van der Waals surface area contributed by atoms with Crippen LogP contribution in [0.25, 0.3) is 0 Å². The Hall–Kier alpha value is -0.380. The van der Waals surface area contributed by atoms with Gasteiger partial charge in [-0.25, -0.2) is 0 Å². The Kier molecular flexibility index (Phi) is 6.03. The smallest absolute Gasteiger partial charge is 0.321 e. The van der Waals surface area contributed by atoms with Crippen molar-refractivity contribution in [2.24, 2.45) is 5.92 Å². The van der Waals surface area contributed by atoms with E-state index in [1.165, 1.54) is 25.7 Å². The van der Waals surface area contributed by atoms with Gasteiger partial charge in [0.25, 0.3) is 0 Å². The molecule has 0 amide bonds. The molecule has 0 N–H and O–H groups in total. The Balaban J connectivity index is 2.44. The standard InChI is InChI=1S/C12H22O3S/c1-3-11(12(13)15-4-2)16(14)9-10-7-5-6-8-10/h10-11H,3-9H2,1-2H3. The first kappa shape index (κ1) is 13.7. The Bertz CT molecular complexity index is 247. The van der Waals surface area contributed by atoms with Crippen molar-refractivity contribution in [3.8, 4) is 0 Å². The van der Waals surface area contributed by atoms with Gasteiger partial charge >= 0.3 is 5.97 Å². The monoisotopic (exact) mass is 246 g/mol. The van der Waals surface area contributed by atoms with Gasteiger partial charge in [0.1, 0.15) is 5.25 Å². The number of carbonyl (C=O) groups excluding carboxylic acids is 1. The Morgan fingerprint density at radius 3 is 2.50 bits per heavy atom. The molecule has 0 radical (unpaired) electrons. The molecule has 0 spiro atoms. The second kappa shape index (κ2) is 7.05. The summed E-state index contributed by atoms with van der Waals surface area (Å²) in [4.78, 5) is 11.6. The van der Waals surface area contributed by atoms with E-state index in [2.05, 4.69) is 0 Å². The molecule has 0 aromatic heterocycles. The molecular formula is C12H22O3S. The van der Waals surface area contributed by atoms with Gasteiger partial charge in [-0.3, -0.25) is 9.00 Å². The van der Waals surface area contributed by atoms with Crippen molar-refractivity contribution >= 4 is 16.8 Å². The molecule has 1 fully saturated rings. The summed E-state index contributed by atoms with van der Waals surface area (Å²) in [6.45, 7) is 4.05. The minimum atomic E-state index is -1.05. The Morgan fingerprint density at radius 1 is 1.38 bits per heavy atom. The fourth-order valence-electron chi connectivity index (χ4n) is 2.22. The molecule has 2 atom stereocenters. The molecule has 1 saturated carbocycles. The third-order valence-corrected chi connectivity index (χ3v) is 5.07. The average molecular weight is 246 g/mol. The minimum Gasteiger partial charge on any atom is -0.465 e. The summed E-state index contributed by atoms with van der Waals surface area (Å²) in [5.74, 6) is 0.947. The SMILES string of the molecule is CCOC(=O)C(CC)S(=O)CC1CCCC1. The highest BCUT2D eigenvalue weighted by Crippen LogP contribution is 2.26. The lowest BCUT2D eigenvalue weighted by Gasteiger charge is -2.15. The molecule has 3 nitrogen and oxygen atoms in total. The first-order valence-corrected chi connectivity index (χ1v) is 7.61. The van der Waals surface area contributed by atoms with E-state index in [0.29, 0.717) is 24.7 Å². The van der Waals surface area contributed by atoms with Gasteiger partial charge in [0.15, 0.2) is 0 Å². The van der Waals surface area contributed by atoms with Crippen LogP contribution in [-0.2, 0) is 20.3 Å². The van der Waals surface area contributed by atoms with Crippen molar-refractivity contribution in [3.63, 3.8) is 0 Å². The summed E-state index contributed by atoms with van der Waals surface area (Å²) >= 11 is 0. The molecule has 94 valence electrons. The van der Waals surface area contributed by atoms with Crippen molar-refractivity contribution in [3.05, 3.63) is 0 Å². The van der Waals surface area contributed by atoms with E-state index in [-0.39, 0.29) is 5.97 Å². The van der Waals surface area contributed by atoms with Gasteiger partial charge in [0.05, 0.1) is 6.61 Å². The predicted octanol–water partition coefficient (Wildman–Crippen LogP) is 2.27. The maximum Gasteiger partial charge on any atom is 0.321 e. The van der Waals surface area contributed by atoms with Gasteiger partial charge in [-0.1, -0.05) is 19.8 Å². The number of hydrogen-bond donors (Lipinski definition) is 0. The highest BCUT2D eigenvalue weighted by atomic mass is 32.2. The average Bonchev–Trinajstić information content (AvgIpc) is 2.71. The third-order valence-electron chi connectivity index (χ3n) is 3.11. The number of carbonyl (C=O) groups is 1. The van der Waals surface area contributed by atoms with Crippen molar-refractivity contribution in [2.45, 2.75) is 51.2 Å². The fraction of sp³-hybridized carbons (Fsp3) is 0.917. The predicted molar refractivity (Wildman–Crippen MR) is 65.7 cm³/mol. The highest BCUT2D eigenvalue weighted by molar-refractivity contribution is 7.86. The van der Waals surface area contributed by atoms with Crippen molar-refractivity contribution in [1.29, 1.82) is 0 Å². The second-order valence-corrected chi connectivity index (χ2v) is 6.01. The molecule has 0 heterocycles. The lowest BCUT2D eigenvalue weighted by atomic mass is 10.1. The number of esters is 1. The van der Waals surface area contributed by atoms with Gasteiger partial charge in [0, 0.05) is 16.6 Å². The van der Waals surface area contributed by atoms with E-state index in [1.54, 1.807) is 6.92 Å². The van der Waals surface area contributed by atoms with Crippen LogP contribution in [0.3, 0.4) is 0 Å². The van der Waals surface area contributed by atoms with E-state index in [1.807, 2.05) is 6.92 Å². The Labute approximate surface area is 100 Å². The van der Waals surface area contributed by atoms with Crippen molar-refractivity contribution < 1.29 is 13.7 Å². The minimum absolute atomic E-state index is 0.290. The van der Waals surface area contributed by atoms with Gasteiger partial charge in [-0.05, 0) is 32.1 Å². The first-order chi connectivity index (χ1) is 7.69. The lowest BCUT2D eigenvalue weighted by molar-refractivity contribution is -0.142. The van der Waals surface area contributed by atoms with Crippen molar-refractivity contribution in [1.82, 2.24) is 0 Å². The number of rotatable bonds is 6. The molecular weight excluding hydrogens is 224 g/mol. The zero-order valence-electron chi connectivity index (χ0n) is 10.2. The van der Waals surface area contributed by atoms with E-state index in [4.69, 9.17) is 4.74 Å². The molecule has 4 heteroatoms. The zero-order valence-corrected chi connectivity index (χ0v) is 11.1. The van der Waals surface area contributed by atoms with Crippen LogP contribution in [0.1, 0.15) is 46.0 Å². The quantitative estimate of drug-likeness (QED) is 0.675. The van der Waals surface area contributed by atoms with Crippen LogP contribution in [0, 0.1) is 5.92 Å². The van der Waals surface area contributed by atoms with Gasteiger partial charge in [-0.15, -0.1) is 0 Å². The molecule has 1 aliphatic rings. The summed E-state index contributed by atoms with van der Waals surface area (Å²) in [5.41, 5.74) is 0. The van der Waals surface area contributed by atoms with Crippen LogP contribution in [0.15, 0.2) is 0 Å². The Morgan fingerprint density at radius 2 is 2.00 bits per heavy atom. The number of hydrogen-bond acceptors (Lipinski definition) is 3. The van der Waals surface area contributed by atoms with Gasteiger partial charge < -0.3 is 4.74 Å². The van der Waals surface area contributed by atoms with E-state index >= 15 is 0 Å². The third kappa shape index (κ3) is 3.89. The molecule has 0 aromatic rings. The molecule has 1 rings (SSSR count). The summed E-state index contributed by atoms with van der Waals surface area (Å²) < 4.78 is 17.0. The molecule has 1 aliphatic carbocycles. The van der Waals surface area contributed by atoms with Crippen LogP contribution >= 0.6 is 0 Å². The topological polar surface area (TPSA) is 43.4 Å². The maximum atomic E-state index is 12.1. The van der Waals surface area contributed by atoms with E-state index < -0.39 is 16.0 Å². The maximum absolute atomic E-state index is 12.1. The van der Waals surface area contributed by atoms with Crippen LogP contribution < -0.4 is 0 Å². The van der Waals surface area contributed by atoms with Crippen LogP contribution in [-0.4, -0.2) is 27.8 Å². The summed E-state index contributed by atoms with van der Waals surface area (Å²) in [7, 11) is -1.05. The first-order valence-electron chi connectivity index (χ1n) is 6.22. The van der Waals surface area contributed by atoms with E-state index in [0.717, 1.165) is 0 Å². The molecule has 0 aromatic carbocycles. The zero-order chi connectivity index (χ0) is 12.0. The largest absolute Gasteiger partial charge is 0.465 e. The van der Waals surface area contributed by atoms with Crippen LogP contribution in [0.4, 0.5) is 0 Å².